The molecule has 3 rings (SSSR count). The summed E-state index contributed by atoms with van der Waals surface area (Å²) in [6.07, 6.45) is 5.02. The van der Waals surface area contributed by atoms with E-state index in [0.29, 0.717) is 18.8 Å². The van der Waals surface area contributed by atoms with Gasteiger partial charge in [-0.25, -0.2) is 0 Å². The number of morpholine rings is 1. The fourth-order valence-corrected chi connectivity index (χ4v) is 2.78. The first kappa shape index (κ1) is 14.3. The van der Waals surface area contributed by atoms with Crippen LogP contribution in [-0.2, 0) is 11.3 Å². The highest BCUT2D eigenvalue weighted by atomic mass is 16.5. The summed E-state index contributed by atoms with van der Waals surface area (Å²) in [5.74, 6) is 0.685. The normalized spacial score (nSPS) is 22.9. The smallest absolute Gasteiger partial charge is 0.276 e. The van der Waals surface area contributed by atoms with Gasteiger partial charge < -0.3 is 14.2 Å². The molecule has 1 saturated heterocycles. The van der Waals surface area contributed by atoms with Crippen LogP contribution in [0.3, 0.4) is 0 Å². The van der Waals surface area contributed by atoms with Crippen molar-refractivity contribution in [3.05, 3.63) is 29.7 Å². The van der Waals surface area contributed by atoms with E-state index in [0.717, 1.165) is 38.5 Å². The van der Waals surface area contributed by atoms with Crippen molar-refractivity contribution < 1.29 is 14.1 Å². The number of carbonyl (C=O) groups excluding carboxylic acids is 1. The molecule has 2 aliphatic heterocycles. The first-order valence-corrected chi connectivity index (χ1v) is 7.51. The zero-order valence-electron chi connectivity index (χ0n) is 12.3. The number of hydrogen-bond acceptors (Lipinski definition) is 5. The van der Waals surface area contributed by atoms with E-state index in [4.69, 9.17) is 9.26 Å². The molecule has 3 heterocycles. The first-order chi connectivity index (χ1) is 10.3. The van der Waals surface area contributed by atoms with Gasteiger partial charge in [0.2, 0.25) is 0 Å². The summed E-state index contributed by atoms with van der Waals surface area (Å²) in [6.45, 7) is 6.68. The van der Waals surface area contributed by atoms with Crippen LogP contribution in [0, 0.1) is 0 Å². The van der Waals surface area contributed by atoms with Crippen LogP contribution < -0.4 is 0 Å². The van der Waals surface area contributed by atoms with Crippen molar-refractivity contribution in [3.63, 3.8) is 0 Å². The third-order valence-corrected chi connectivity index (χ3v) is 4.00. The van der Waals surface area contributed by atoms with Crippen molar-refractivity contribution in [3.8, 4) is 0 Å². The van der Waals surface area contributed by atoms with Crippen molar-refractivity contribution in [1.82, 2.24) is 15.0 Å². The van der Waals surface area contributed by atoms with Crippen molar-refractivity contribution in [2.75, 3.05) is 32.8 Å². The van der Waals surface area contributed by atoms with Crippen LogP contribution in [-0.4, -0.2) is 59.8 Å². The van der Waals surface area contributed by atoms with Crippen LogP contribution in [0.15, 0.2) is 22.7 Å². The third-order valence-electron chi connectivity index (χ3n) is 4.00. The molecule has 1 atom stereocenters. The Bertz CT molecular complexity index is 520. The van der Waals surface area contributed by atoms with Crippen LogP contribution in [0.1, 0.15) is 29.6 Å². The van der Waals surface area contributed by atoms with Gasteiger partial charge in [0.05, 0.1) is 25.8 Å². The molecule has 1 amide bonds. The average Bonchev–Trinajstić information content (AvgIpc) is 3.16. The van der Waals surface area contributed by atoms with Gasteiger partial charge >= 0.3 is 0 Å². The minimum absolute atomic E-state index is 0.0520. The highest BCUT2D eigenvalue weighted by Gasteiger charge is 2.27. The summed E-state index contributed by atoms with van der Waals surface area (Å²) < 4.78 is 10.6. The van der Waals surface area contributed by atoms with Crippen LogP contribution >= 0.6 is 0 Å². The minimum atomic E-state index is -0.0520. The molecule has 6 nitrogen and oxygen atoms in total. The van der Waals surface area contributed by atoms with Crippen molar-refractivity contribution in [1.29, 1.82) is 0 Å². The zero-order chi connectivity index (χ0) is 14.7. The number of nitrogens with zero attached hydrogens (tertiary/aromatic N) is 3. The standard InChI is InChI=1S/C15H21N3O3/c1-2-12-4-3-5-18(12)15(19)14-10-13(21-16-14)11-17-6-8-20-9-7-17/h3-4,10,12H,2,5-9,11H2,1H3/t12-/m0/s1. The number of hydrogen-bond donors (Lipinski definition) is 0. The fraction of sp³-hybridized carbons (Fsp3) is 0.600. The number of amides is 1. The van der Waals surface area contributed by atoms with Gasteiger partial charge in [-0.2, -0.15) is 0 Å². The molecule has 21 heavy (non-hydrogen) atoms. The molecule has 0 spiro atoms. The van der Waals surface area contributed by atoms with Crippen LogP contribution in [0.25, 0.3) is 0 Å². The van der Waals surface area contributed by atoms with E-state index >= 15 is 0 Å². The Morgan fingerprint density at radius 1 is 1.43 bits per heavy atom. The largest absolute Gasteiger partial charge is 0.379 e. The molecule has 0 unspecified atom stereocenters. The molecule has 0 bridgehead atoms. The quantitative estimate of drug-likeness (QED) is 0.783. The molecule has 1 aromatic rings. The Hall–Kier alpha value is -1.66. The van der Waals surface area contributed by atoms with Gasteiger partial charge in [0.1, 0.15) is 0 Å². The summed E-state index contributed by atoms with van der Waals surface area (Å²) >= 11 is 0. The van der Waals surface area contributed by atoms with E-state index in [1.165, 1.54) is 0 Å². The maximum atomic E-state index is 12.5. The average molecular weight is 291 g/mol. The van der Waals surface area contributed by atoms with Gasteiger partial charge in [0, 0.05) is 25.7 Å². The van der Waals surface area contributed by atoms with Crippen LogP contribution in [0.4, 0.5) is 0 Å². The molecule has 2 aliphatic rings. The van der Waals surface area contributed by atoms with Crippen molar-refractivity contribution in [2.24, 2.45) is 0 Å². The van der Waals surface area contributed by atoms with E-state index in [1.54, 1.807) is 6.07 Å². The molecule has 0 radical (unpaired) electrons. The van der Waals surface area contributed by atoms with Gasteiger partial charge in [-0.1, -0.05) is 24.2 Å². The number of carbonyl (C=O) groups is 1. The van der Waals surface area contributed by atoms with Crippen molar-refractivity contribution in [2.45, 2.75) is 25.9 Å². The molecule has 0 aromatic carbocycles. The second kappa shape index (κ2) is 6.41. The lowest BCUT2D eigenvalue weighted by molar-refractivity contribution is 0.0305. The summed E-state index contributed by atoms with van der Waals surface area (Å²) in [6, 6.07) is 1.94. The summed E-state index contributed by atoms with van der Waals surface area (Å²) in [5.41, 5.74) is 0.403. The lowest BCUT2D eigenvalue weighted by Crippen LogP contribution is -2.36. The minimum Gasteiger partial charge on any atom is -0.379 e. The molecule has 6 heteroatoms. The summed E-state index contributed by atoms with van der Waals surface area (Å²) in [7, 11) is 0. The third kappa shape index (κ3) is 3.16. The Balaban J connectivity index is 1.62. The maximum absolute atomic E-state index is 12.5. The van der Waals surface area contributed by atoms with E-state index in [9.17, 15) is 4.79 Å². The molecular formula is C15H21N3O3. The van der Waals surface area contributed by atoms with Crippen molar-refractivity contribution >= 4 is 5.91 Å². The monoisotopic (exact) mass is 291 g/mol. The Morgan fingerprint density at radius 3 is 3.00 bits per heavy atom. The number of rotatable bonds is 4. The van der Waals surface area contributed by atoms with E-state index in [-0.39, 0.29) is 11.9 Å². The SMILES string of the molecule is CC[C@H]1C=CCN1C(=O)c1cc(CN2CCOCC2)on1. The van der Waals surface area contributed by atoms with Gasteiger partial charge in [-0.05, 0) is 6.42 Å². The predicted octanol–water partition coefficient (Wildman–Crippen LogP) is 1.30. The summed E-state index contributed by atoms with van der Waals surface area (Å²) in [5, 5.41) is 3.94. The summed E-state index contributed by atoms with van der Waals surface area (Å²) in [4.78, 5) is 16.5. The molecule has 114 valence electrons. The number of ether oxygens (including phenoxy) is 1. The molecule has 0 aliphatic carbocycles. The molecule has 1 fully saturated rings. The highest BCUT2D eigenvalue weighted by molar-refractivity contribution is 5.93. The predicted molar refractivity (Wildman–Crippen MR) is 76.9 cm³/mol. The lowest BCUT2D eigenvalue weighted by Gasteiger charge is -2.25. The molecular weight excluding hydrogens is 270 g/mol. The Labute approximate surface area is 124 Å². The van der Waals surface area contributed by atoms with Gasteiger partial charge in [0.15, 0.2) is 11.5 Å². The zero-order valence-corrected chi connectivity index (χ0v) is 12.3. The lowest BCUT2D eigenvalue weighted by atomic mass is 10.2. The fourth-order valence-electron chi connectivity index (χ4n) is 2.78. The molecule has 1 aromatic heterocycles. The maximum Gasteiger partial charge on any atom is 0.276 e. The second-order valence-electron chi connectivity index (χ2n) is 5.43. The first-order valence-electron chi connectivity index (χ1n) is 7.51. The number of aromatic nitrogens is 1. The van der Waals surface area contributed by atoms with Crippen LogP contribution in [0.5, 0.6) is 0 Å². The Morgan fingerprint density at radius 2 is 2.24 bits per heavy atom. The molecule has 0 saturated carbocycles. The van der Waals surface area contributed by atoms with Gasteiger partial charge in [-0.15, -0.1) is 0 Å². The van der Waals surface area contributed by atoms with Crippen LogP contribution in [0.2, 0.25) is 0 Å². The Kier molecular flexibility index (Phi) is 4.36. The van der Waals surface area contributed by atoms with Gasteiger partial charge in [-0.3, -0.25) is 9.69 Å². The van der Waals surface area contributed by atoms with E-state index in [2.05, 4.69) is 23.1 Å². The van der Waals surface area contributed by atoms with E-state index < -0.39 is 0 Å². The van der Waals surface area contributed by atoms with Gasteiger partial charge in [0.25, 0.3) is 5.91 Å². The molecule has 0 N–H and O–H groups in total. The highest BCUT2D eigenvalue weighted by Crippen LogP contribution is 2.17. The second-order valence-corrected chi connectivity index (χ2v) is 5.43. The van der Waals surface area contributed by atoms with E-state index in [1.807, 2.05) is 11.0 Å². The topological polar surface area (TPSA) is 58.8 Å².